The highest BCUT2D eigenvalue weighted by Gasteiger charge is 2.08. The first-order chi connectivity index (χ1) is 10.4. The van der Waals surface area contributed by atoms with E-state index in [-0.39, 0.29) is 7.69 Å². The average molecular weight is 272 g/mol. The Balaban J connectivity index is 2.24. The molecule has 0 aromatic heterocycles. The van der Waals surface area contributed by atoms with E-state index in [2.05, 4.69) is 54.6 Å². The fraction of sp³-hybridized carbons (Fsp3) is 0. The Kier molecular flexibility index (Phi) is 2.79. The van der Waals surface area contributed by atoms with Gasteiger partial charge < -0.3 is 9.68 Å². The summed E-state index contributed by atoms with van der Waals surface area (Å²) in [4.78, 5) is 0. The SMILES string of the molecule is OBOc1ccc2c3ccccc3c3ccccc3c2c1. The fourth-order valence-electron chi connectivity index (χ4n) is 3.05. The number of fused-ring (bicyclic) bond motifs is 6. The first-order valence-corrected chi connectivity index (χ1v) is 6.95. The minimum absolute atomic E-state index is 0.309. The van der Waals surface area contributed by atoms with Crippen molar-refractivity contribution in [1.82, 2.24) is 0 Å². The Labute approximate surface area is 122 Å². The lowest BCUT2D eigenvalue weighted by Gasteiger charge is -2.11. The Morgan fingerprint density at radius 3 is 1.62 bits per heavy atom. The minimum atomic E-state index is -0.309. The smallest absolute Gasteiger partial charge is 0.504 e. The summed E-state index contributed by atoms with van der Waals surface area (Å²) in [5.74, 6) is 0.686. The molecule has 100 valence electrons. The molecule has 0 aliphatic heterocycles. The van der Waals surface area contributed by atoms with Crippen LogP contribution < -0.4 is 4.65 Å². The van der Waals surface area contributed by atoms with Crippen molar-refractivity contribution in [2.24, 2.45) is 0 Å². The maximum Gasteiger partial charge on any atom is 0.504 e. The molecule has 4 aromatic rings. The summed E-state index contributed by atoms with van der Waals surface area (Å²) in [5.41, 5.74) is 0. The standard InChI is InChI=1S/C18H13BO2/c20-19-21-12-9-10-17-15-7-2-1-5-13(15)14-6-3-4-8-16(14)18(17)11-12/h1-11,19-20H. The van der Waals surface area contributed by atoms with Gasteiger partial charge in [0, 0.05) is 0 Å². The van der Waals surface area contributed by atoms with Crippen molar-refractivity contribution < 1.29 is 9.68 Å². The van der Waals surface area contributed by atoms with Crippen LogP contribution in [0.3, 0.4) is 0 Å². The summed E-state index contributed by atoms with van der Waals surface area (Å²) < 4.78 is 5.23. The highest BCUT2D eigenvalue weighted by atomic mass is 16.5. The molecule has 0 spiro atoms. The highest BCUT2D eigenvalue weighted by molar-refractivity contribution is 6.25. The van der Waals surface area contributed by atoms with Crippen LogP contribution in [0.1, 0.15) is 0 Å². The lowest BCUT2D eigenvalue weighted by Crippen LogP contribution is -1.99. The predicted molar refractivity (Wildman–Crippen MR) is 89.0 cm³/mol. The number of hydrogen-bond donors (Lipinski definition) is 1. The van der Waals surface area contributed by atoms with Crippen molar-refractivity contribution in [3.8, 4) is 5.75 Å². The molecule has 0 radical (unpaired) electrons. The average Bonchev–Trinajstić information content (AvgIpc) is 2.55. The van der Waals surface area contributed by atoms with E-state index in [1.54, 1.807) is 0 Å². The van der Waals surface area contributed by atoms with Gasteiger partial charge in [0.25, 0.3) is 0 Å². The van der Waals surface area contributed by atoms with E-state index in [9.17, 15) is 0 Å². The molecule has 0 amide bonds. The topological polar surface area (TPSA) is 29.5 Å². The summed E-state index contributed by atoms with van der Waals surface area (Å²) in [7, 11) is -0.309. The van der Waals surface area contributed by atoms with Crippen LogP contribution in [0.4, 0.5) is 0 Å². The van der Waals surface area contributed by atoms with Gasteiger partial charge in [0.05, 0.1) is 0 Å². The molecule has 2 nitrogen and oxygen atoms in total. The first kappa shape index (κ1) is 12.2. The molecule has 1 N–H and O–H groups in total. The lowest BCUT2D eigenvalue weighted by molar-refractivity contribution is 0.454. The van der Waals surface area contributed by atoms with Gasteiger partial charge in [-0.2, -0.15) is 0 Å². The summed E-state index contributed by atoms with van der Waals surface area (Å²) >= 11 is 0. The summed E-state index contributed by atoms with van der Waals surface area (Å²) in [6, 6.07) is 22.8. The third-order valence-electron chi connectivity index (χ3n) is 3.95. The quantitative estimate of drug-likeness (QED) is 0.444. The van der Waals surface area contributed by atoms with Gasteiger partial charge in [0.15, 0.2) is 0 Å². The molecular weight excluding hydrogens is 259 g/mol. The molecule has 0 unspecified atom stereocenters. The van der Waals surface area contributed by atoms with Crippen LogP contribution in [0, 0.1) is 0 Å². The van der Waals surface area contributed by atoms with Gasteiger partial charge in [-0.25, -0.2) is 0 Å². The van der Waals surface area contributed by atoms with Gasteiger partial charge in [-0.15, -0.1) is 0 Å². The van der Waals surface area contributed by atoms with Crippen molar-refractivity contribution in [3.63, 3.8) is 0 Å². The van der Waals surface area contributed by atoms with E-state index in [0.717, 1.165) is 5.39 Å². The van der Waals surface area contributed by atoms with Crippen molar-refractivity contribution >= 4 is 40.0 Å². The summed E-state index contributed by atoms with van der Waals surface area (Å²) in [5, 5.41) is 16.2. The van der Waals surface area contributed by atoms with Crippen LogP contribution in [-0.4, -0.2) is 12.7 Å². The molecule has 3 heteroatoms. The molecule has 0 fully saturated rings. The number of hydrogen-bond acceptors (Lipinski definition) is 2. The minimum Gasteiger partial charge on any atom is -0.539 e. The van der Waals surface area contributed by atoms with Crippen LogP contribution >= 0.6 is 0 Å². The van der Waals surface area contributed by atoms with Crippen LogP contribution in [0.5, 0.6) is 5.75 Å². The lowest BCUT2D eigenvalue weighted by atomic mass is 9.94. The van der Waals surface area contributed by atoms with E-state index in [1.807, 2.05) is 12.1 Å². The van der Waals surface area contributed by atoms with Crippen molar-refractivity contribution in [3.05, 3.63) is 66.7 Å². The number of rotatable bonds is 2. The van der Waals surface area contributed by atoms with Gasteiger partial charge in [0.2, 0.25) is 0 Å². The van der Waals surface area contributed by atoms with E-state index >= 15 is 0 Å². The van der Waals surface area contributed by atoms with Gasteiger partial charge in [-0.3, -0.25) is 0 Å². The summed E-state index contributed by atoms with van der Waals surface area (Å²) in [6.45, 7) is 0. The number of benzene rings is 4. The van der Waals surface area contributed by atoms with Crippen LogP contribution in [0.2, 0.25) is 0 Å². The molecule has 0 heterocycles. The van der Waals surface area contributed by atoms with Crippen LogP contribution in [-0.2, 0) is 0 Å². The molecule has 4 rings (SSSR count). The normalized spacial score (nSPS) is 11.1. The molecule has 0 aliphatic rings. The Morgan fingerprint density at radius 2 is 1.10 bits per heavy atom. The van der Waals surface area contributed by atoms with Crippen molar-refractivity contribution in [2.45, 2.75) is 0 Å². The third-order valence-corrected chi connectivity index (χ3v) is 3.95. The third kappa shape index (κ3) is 1.86. The Morgan fingerprint density at radius 1 is 0.619 bits per heavy atom. The molecular formula is C18H13BO2. The van der Waals surface area contributed by atoms with Gasteiger partial charge >= 0.3 is 7.69 Å². The van der Waals surface area contributed by atoms with Crippen molar-refractivity contribution in [1.29, 1.82) is 0 Å². The van der Waals surface area contributed by atoms with E-state index in [4.69, 9.17) is 9.68 Å². The predicted octanol–water partition coefficient (Wildman–Crippen LogP) is 3.78. The van der Waals surface area contributed by atoms with E-state index in [1.165, 1.54) is 26.9 Å². The van der Waals surface area contributed by atoms with Gasteiger partial charge in [0.1, 0.15) is 5.75 Å². The molecule has 0 saturated heterocycles. The second-order valence-corrected chi connectivity index (χ2v) is 5.07. The zero-order valence-corrected chi connectivity index (χ0v) is 11.4. The maximum atomic E-state index is 8.95. The van der Waals surface area contributed by atoms with Gasteiger partial charge in [-0.1, -0.05) is 54.6 Å². The molecule has 21 heavy (non-hydrogen) atoms. The van der Waals surface area contributed by atoms with E-state index in [0.29, 0.717) is 5.75 Å². The largest absolute Gasteiger partial charge is 0.539 e. The van der Waals surface area contributed by atoms with Crippen LogP contribution in [0.25, 0.3) is 32.3 Å². The first-order valence-electron chi connectivity index (χ1n) is 6.95. The highest BCUT2D eigenvalue weighted by Crippen LogP contribution is 2.36. The van der Waals surface area contributed by atoms with Crippen LogP contribution in [0.15, 0.2) is 66.7 Å². The second-order valence-electron chi connectivity index (χ2n) is 5.07. The fourth-order valence-corrected chi connectivity index (χ4v) is 3.05. The monoisotopic (exact) mass is 272 g/mol. The van der Waals surface area contributed by atoms with Gasteiger partial charge in [-0.05, 0) is 44.5 Å². The second kappa shape index (κ2) is 4.79. The molecule has 0 aliphatic carbocycles. The Bertz CT molecular complexity index is 928. The van der Waals surface area contributed by atoms with E-state index < -0.39 is 0 Å². The summed E-state index contributed by atoms with van der Waals surface area (Å²) in [6.07, 6.45) is 0. The molecule has 0 saturated carbocycles. The maximum absolute atomic E-state index is 8.95. The van der Waals surface area contributed by atoms with Crippen molar-refractivity contribution in [2.75, 3.05) is 0 Å². The zero-order chi connectivity index (χ0) is 14.2. The Hall–Kier alpha value is -2.52. The molecule has 0 bridgehead atoms. The molecule has 4 aromatic carbocycles. The molecule has 0 atom stereocenters. The zero-order valence-electron chi connectivity index (χ0n) is 11.4.